The molecule has 0 aliphatic carbocycles. The summed E-state index contributed by atoms with van der Waals surface area (Å²) >= 11 is 2.24. The van der Waals surface area contributed by atoms with Crippen molar-refractivity contribution in [3.05, 3.63) is 98.1 Å². The molecule has 0 radical (unpaired) electrons. The van der Waals surface area contributed by atoms with Crippen molar-refractivity contribution in [2.24, 2.45) is 0 Å². The van der Waals surface area contributed by atoms with Gasteiger partial charge in [-0.25, -0.2) is 8.78 Å². The van der Waals surface area contributed by atoms with E-state index in [0.717, 1.165) is 38.5 Å². The molecule has 0 saturated heterocycles. The second-order valence-corrected chi connectivity index (χ2v) is 11.7. The fourth-order valence-electron chi connectivity index (χ4n) is 4.71. The van der Waals surface area contributed by atoms with Crippen molar-refractivity contribution in [3.63, 3.8) is 0 Å². The molecule has 38 heavy (non-hydrogen) atoms. The van der Waals surface area contributed by atoms with Crippen LogP contribution in [0.5, 0.6) is 5.75 Å². The van der Waals surface area contributed by atoms with Crippen LogP contribution in [0.1, 0.15) is 43.0 Å². The Morgan fingerprint density at radius 1 is 1.11 bits per heavy atom. The molecule has 1 amide bonds. The highest BCUT2D eigenvalue weighted by Gasteiger charge is 2.34. The van der Waals surface area contributed by atoms with E-state index < -0.39 is 29.2 Å². The van der Waals surface area contributed by atoms with Crippen LogP contribution in [0.25, 0.3) is 0 Å². The number of nitrogens with one attached hydrogen (secondary N) is 2. The van der Waals surface area contributed by atoms with Gasteiger partial charge < -0.3 is 20.5 Å². The maximum atomic E-state index is 13.9. The van der Waals surface area contributed by atoms with Gasteiger partial charge in [0.25, 0.3) is 0 Å². The minimum atomic E-state index is -1.00. The molecule has 8 heteroatoms. The van der Waals surface area contributed by atoms with Crippen molar-refractivity contribution in [1.82, 2.24) is 10.6 Å². The van der Waals surface area contributed by atoms with Gasteiger partial charge in [-0.15, -0.1) is 0 Å². The van der Waals surface area contributed by atoms with E-state index in [1.807, 2.05) is 63.2 Å². The number of hydrogen-bond acceptors (Lipinski definition) is 4. The summed E-state index contributed by atoms with van der Waals surface area (Å²) in [5, 5.41) is 17.3. The van der Waals surface area contributed by atoms with E-state index in [1.165, 1.54) is 12.1 Å². The highest BCUT2D eigenvalue weighted by atomic mass is 127. The van der Waals surface area contributed by atoms with E-state index in [9.17, 15) is 18.7 Å². The van der Waals surface area contributed by atoms with Gasteiger partial charge in [0.2, 0.25) is 5.91 Å². The summed E-state index contributed by atoms with van der Waals surface area (Å²) in [6.45, 7) is 6.37. The molecule has 3 aromatic carbocycles. The number of carbonyl (C=O) groups is 1. The molecule has 0 bridgehead atoms. The van der Waals surface area contributed by atoms with E-state index in [2.05, 4.69) is 33.2 Å². The number of carbonyl (C=O) groups excluding carboxylic acids is 1. The van der Waals surface area contributed by atoms with Crippen LogP contribution < -0.4 is 15.4 Å². The molecule has 0 aromatic heterocycles. The molecule has 1 aliphatic heterocycles. The third-order valence-electron chi connectivity index (χ3n) is 6.92. The topological polar surface area (TPSA) is 70.6 Å². The molecule has 202 valence electrons. The smallest absolute Gasteiger partial charge is 0.230 e. The predicted molar refractivity (Wildman–Crippen MR) is 152 cm³/mol. The molecule has 3 aromatic rings. The fraction of sp³-hybridized carbons (Fsp3) is 0.367. The summed E-state index contributed by atoms with van der Waals surface area (Å²) in [5.74, 6) is -0.862. The minimum Gasteiger partial charge on any atom is -0.490 e. The van der Waals surface area contributed by atoms with Gasteiger partial charge in [-0.2, -0.15) is 0 Å². The van der Waals surface area contributed by atoms with Gasteiger partial charge in [0, 0.05) is 29.1 Å². The Bertz CT molecular complexity index is 1280. The molecule has 5 nitrogen and oxygen atoms in total. The maximum Gasteiger partial charge on any atom is 0.230 e. The van der Waals surface area contributed by atoms with Gasteiger partial charge in [0.1, 0.15) is 23.5 Å². The molecule has 3 N–H and O–H groups in total. The Morgan fingerprint density at radius 2 is 1.84 bits per heavy atom. The number of hydrogen-bond donors (Lipinski definition) is 3. The van der Waals surface area contributed by atoms with Crippen molar-refractivity contribution < 1.29 is 23.4 Å². The van der Waals surface area contributed by atoms with Gasteiger partial charge in [-0.3, -0.25) is 4.79 Å². The lowest BCUT2D eigenvalue weighted by molar-refractivity contribution is -0.127. The van der Waals surface area contributed by atoms with Gasteiger partial charge >= 0.3 is 0 Å². The molecular formula is C30H33F2IN2O3. The maximum absolute atomic E-state index is 13.9. The number of fused-ring (bicyclic) bond motifs is 1. The number of rotatable bonds is 10. The van der Waals surface area contributed by atoms with E-state index >= 15 is 0 Å². The van der Waals surface area contributed by atoms with Crippen LogP contribution in [0.15, 0.2) is 60.7 Å². The van der Waals surface area contributed by atoms with Crippen LogP contribution in [0.4, 0.5) is 8.78 Å². The van der Waals surface area contributed by atoms with Gasteiger partial charge in [0.15, 0.2) is 0 Å². The van der Waals surface area contributed by atoms with Gasteiger partial charge in [0.05, 0.1) is 17.6 Å². The first-order valence-electron chi connectivity index (χ1n) is 12.7. The number of aliphatic hydroxyl groups excluding tert-OH is 1. The van der Waals surface area contributed by atoms with Crippen molar-refractivity contribution in [3.8, 4) is 5.75 Å². The Labute approximate surface area is 236 Å². The molecular weight excluding hydrogens is 601 g/mol. The second-order valence-electron chi connectivity index (χ2n) is 10.5. The van der Waals surface area contributed by atoms with Crippen LogP contribution in [-0.2, 0) is 29.6 Å². The van der Waals surface area contributed by atoms with Gasteiger partial charge in [-0.05, 0) is 102 Å². The summed E-state index contributed by atoms with van der Waals surface area (Å²) in [7, 11) is 0. The van der Waals surface area contributed by atoms with E-state index in [1.54, 1.807) is 0 Å². The lowest BCUT2D eigenvalue weighted by Gasteiger charge is -2.31. The van der Waals surface area contributed by atoms with E-state index in [0.29, 0.717) is 12.1 Å². The third-order valence-corrected chi connectivity index (χ3v) is 7.59. The molecule has 0 fully saturated rings. The molecule has 1 heterocycles. The molecule has 3 atom stereocenters. The van der Waals surface area contributed by atoms with Crippen LogP contribution in [-0.4, -0.2) is 35.8 Å². The second kappa shape index (κ2) is 12.1. The Morgan fingerprint density at radius 3 is 2.55 bits per heavy atom. The van der Waals surface area contributed by atoms with E-state index in [4.69, 9.17) is 4.74 Å². The standard InChI is InChI=1S/C30H33F2IN2O3/c1-18-9-21-14-22(7-8-28(21)38-18)30(2,3)29(37)35-26(13-20-10-23(31)15-24(32)11-20)27(36)17-34-16-19-5-4-6-25(33)12-19/h4-8,10-12,14-15,18,26-27,34,36H,9,13,16-17H2,1-3H3,(H,35,37). The van der Waals surface area contributed by atoms with Crippen LogP contribution in [0.2, 0.25) is 0 Å². The summed E-state index contributed by atoms with van der Waals surface area (Å²) in [5.41, 5.74) is 2.38. The fourth-order valence-corrected chi connectivity index (χ4v) is 5.32. The SMILES string of the molecule is CC1Cc2cc(C(C)(C)C(=O)NC(Cc3cc(F)cc(F)c3)C(O)CNCc3cccc(I)c3)ccc2O1. The van der Waals surface area contributed by atoms with Crippen LogP contribution >= 0.6 is 22.6 Å². The monoisotopic (exact) mass is 634 g/mol. The minimum absolute atomic E-state index is 0.0676. The lowest BCUT2D eigenvalue weighted by atomic mass is 9.82. The zero-order valence-electron chi connectivity index (χ0n) is 21.7. The van der Waals surface area contributed by atoms with Crippen molar-refractivity contribution in [1.29, 1.82) is 0 Å². The first-order valence-corrected chi connectivity index (χ1v) is 13.8. The predicted octanol–water partition coefficient (Wildman–Crippen LogP) is 5.05. The molecule has 4 rings (SSSR count). The Balaban J connectivity index is 1.50. The first-order chi connectivity index (χ1) is 18.0. The number of halogens is 3. The van der Waals surface area contributed by atoms with Crippen molar-refractivity contribution >= 4 is 28.5 Å². The lowest BCUT2D eigenvalue weighted by Crippen LogP contribution is -2.53. The summed E-state index contributed by atoms with van der Waals surface area (Å²) in [6.07, 6.45) is -0.0641. The third kappa shape index (κ3) is 7.09. The van der Waals surface area contributed by atoms with Crippen LogP contribution in [0.3, 0.4) is 0 Å². The molecule has 0 saturated carbocycles. The quantitative estimate of drug-likeness (QED) is 0.273. The number of amides is 1. The number of aliphatic hydroxyl groups is 1. The van der Waals surface area contributed by atoms with E-state index in [-0.39, 0.29) is 25.0 Å². The Kier molecular flexibility index (Phi) is 9.05. The average molecular weight is 635 g/mol. The zero-order valence-corrected chi connectivity index (χ0v) is 23.9. The summed E-state index contributed by atoms with van der Waals surface area (Å²) in [6, 6.07) is 16.2. The van der Waals surface area contributed by atoms with Crippen molar-refractivity contribution in [2.45, 2.75) is 63.8 Å². The first kappa shape index (κ1) is 28.4. The molecule has 1 aliphatic rings. The molecule has 0 spiro atoms. The molecule has 3 unspecified atom stereocenters. The Hall–Kier alpha value is -2.56. The highest BCUT2D eigenvalue weighted by Crippen LogP contribution is 2.34. The highest BCUT2D eigenvalue weighted by molar-refractivity contribution is 14.1. The van der Waals surface area contributed by atoms with Crippen molar-refractivity contribution in [2.75, 3.05) is 6.54 Å². The van der Waals surface area contributed by atoms with Gasteiger partial charge in [-0.1, -0.05) is 24.3 Å². The normalized spacial score (nSPS) is 16.4. The number of ether oxygens (including phenoxy) is 1. The van der Waals surface area contributed by atoms with Crippen LogP contribution in [0, 0.1) is 15.2 Å². The summed E-state index contributed by atoms with van der Waals surface area (Å²) in [4.78, 5) is 13.6. The largest absolute Gasteiger partial charge is 0.490 e. The number of benzene rings is 3. The zero-order chi connectivity index (χ0) is 27.4. The average Bonchev–Trinajstić information content (AvgIpc) is 3.22. The summed E-state index contributed by atoms with van der Waals surface area (Å²) < 4.78 is 34.7.